The van der Waals surface area contributed by atoms with E-state index in [0.29, 0.717) is 59.3 Å². The van der Waals surface area contributed by atoms with Crippen molar-refractivity contribution < 1.29 is 19.0 Å². The van der Waals surface area contributed by atoms with Crippen molar-refractivity contribution in [3.63, 3.8) is 0 Å². The first kappa shape index (κ1) is 30.4. The molecule has 0 saturated carbocycles. The van der Waals surface area contributed by atoms with Crippen LogP contribution < -0.4 is 19.7 Å². The number of hydrogen-bond donors (Lipinski definition) is 1. The van der Waals surface area contributed by atoms with E-state index in [9.17, 15) is 4.79 Å². The van der Waals surface area contributed by atoms with Gasteiger partial charge in [-0.25, -0.2) is 4.98 Å². The van der Waals surface area contributed by atoms with E-state index < -0.39 is 0 Å². The largest absolute Gasteiger partial charge is 0.495 e. The first-order valence-electron chi connectivity index (χ1n) is 14.2. The zero-order chi connectivity index (χ0) is 29.8. The summed E-state index contributed by atoms with van der Waals surface area (Å²) < 4.78 is 16.6. The van der Waals surface area contributed by atoms with Gasteiger partial charge in [-0.05, 0) is 45.0 Å². The fourth-order valence-corrected chi connectivity index (χ4v) is 6.34. The number of ether oxygens (including phenoxy) is 3. The van der Waals surface area contributed by atoms with Crippen molar-refractivity contribution >= 4 is 52.5 Å². The number of piperidine rings is 1. The van der Waals surface area contributed by atoms with Gasteiger partial charge in [-0.1, -0.05) is 29.3 Å². The molecule has 1 amide bonds. The van der Waals surface area contributed by atoms with Gasteiger partial charge < -0.3 is 34.2 Å². The number of amides is 1. The molecule has 0 aliphatic carbocycles. The Balaban J connectivity index is 1.45. The molecule has 10 nitrogen and oxygen atoms in total. The smallest absolute Gasteiger partial charge is 0.246 e. The third kappa shape index (κ3) is 6.62. The molecule has 5 rings (SSSR count). The zero-order valence-electron chi connectivity index (χ0n) is 24.5. The number of halogens is 2. The third-order valence-corrected chi connectivity index (χ3v) is 8.59. The number of likely N-dealkylation sites (N-methyl/N-ethyl adjacent to an activating group) is 1. The first-order chi connectivity index (χ1) is 20.3. The Morgan fingerprint density at radius 3 is 2.50 bits per heavy atom. The van der Waals surface area contributed by atoms with Gasteiger partial charge in [0.05, 0.1) is 36.9 Å². The minimum Gasteiger partial charge on any atom is -0.495 e. The van der Waals surface area contributed by atoms with E-state index in [-0.39, 0.29) is 18.0 Å². The molecule has 1 aromatic heterocycles. The number of nitrogens with zero attached hydrogens (tertiary/aromatic N) is 5. The molecule has 1 aromatic carbocycles. The Bertz CT molecular complexity index is 1330. The summed E-state index contributed by atoms with van der Waals surface area (Å²) in [7, 11) is 7.09. The fourth-order valence-electron chi connectivity index (χ4n) is 5.59. The highest BCUT2D eigenvalue weighted by Crippen LogP contribution is 2.46. The zero-order valence-corrected chi connectivity index (χ0v) is 26.0. The van der Waals surface area contributed by atoms with Gasteiger partial charge in [0.25, 0.3) is 0 Å². The van der Waals surface area contributed by atoms with E-state index >= 15 is 0 Å². The molecule has 2 aromatic rings. The number of aromatic nitrogens is 2. The Labute approximate surface area is 257 Å². The van der Waals surface area contributed by atoms with Crippen molar-refractivity contribution in [2.75, 3.05) is 77.9 Å². The van der Waals surface area contributed by atoms with Crippen LogP contribution >= 0.6 is 23.2 Å². The monoisotopic (exact) mass is 616 g/mol. The van der Waals surface area contributed by atoms with Crippen LogP contribution in [0.1, 0.15) is 30.4 Å². The number of rotatable bonds is 9. The van der Waals surface area contributed by atoms with E-state index in [1.165, 1.54) is 0 Å². The second kappa shape index (κ2) is 13.5. The molecule has 3 aliphatic heterocycles. The molecule has 1 N–H and O–H groups in total. The summed E-state index contributed by atoms with van der Waals surface area (Å²) in [6.45, 7) is 3.93. The number of carbonyl (C=O) groups excluding carboxylic acids is 1. The van der Waals surface area contributed by atoms with E-state index in [1.807, 2.05) is 42.2 Å². The van der Waals surface area contributed by atoms with Crippen LogP contribution in [0.3, 0.4) is 0 Å². The van der Waals surface area contributed by atoms with Gasteiger partial charge in [0, 0.05) is 68.3 Å². The molecular formula is C30H38Cl2N6O4. The van der Waals surface area contributed by atoms with Gasteiger partial charge in [-0.3, -0.25) is 4.79 Å². The highest BCUT2D eigenvalue weighted by atomic mass is 35.5. The molecular weight excluding hydrogens is 579 g/mol. The fraction of sp³-hybridized carbons (Fsp3) is 0.500. The van der Waals surface area contributed by atoms with E-state index in [1.54, 1.807) is 26.4 Å². The van der Waals surface area contributed by atoms with Crippen LogP contribution in [0, 0.1) is 0 Å². The lowest BCUT2D eigenvalue weighted by Crippen LogP contribution is -2.48. The predicted molar refractivity (Wildman–Crippen MR) is 167 cm³/mol. The Hall–Kier alpha value is -3.05. The Morgan fingerprint density at radius 2 is 1.88 bits per heavy atom. The molecule has 12 heteroatoms. The van der Waals surface area contributed by atoms with Crippen LogP contribution in [0.15, 0.2) is 24.4 Å². The third-order valence-electron chi connectivity index (χ3n) is 7.84. The number of hydrogen-bond acceptors (Lipinski definition) is 9. The molecule has 0 bridgehead atoms. The summed E-state index contributed by atoms with van der Waals surface area (Å²) in [6.07, 6.45) is 9.96. The standard InChI is InChI=1S/C30H38Cl2N6O4/c1-36(2)10-5-6-25(39)37-11-7-22(8-12-37)38-17-20(26-27(31)23(40-3)15-24(41-4)28(26)32)14-19-16-33-30(35-29(19)38)34-21-9-13-42-18-21/h5-6,14-16,21-22H,7-13,17-18H2,1-4H3,(H,33,34,35)/b6-5+. The summed E-state index contributed by atoms with van der Waals surface area (Å²) in [5, 5.41) is 4.26. The van der Waals surface area contributed by atoms with Gasteiger partial charge in [0.1, 0.15) is 17.3 Å². The number of carbonyl (C=O) groups is 1. The number of anilines is 2. The topological polar surface area (TPSA) is 92.3 Å². The van der Waals surface area contributed by atoms with Crippen LogP contribution in [0.25, 0.3) is 11.6 Å². The minimum absolute atomic E-state index is 0.0459. The van der Waals surface area contributed by atoms with Crippen molar-refractivity contribution in [3.8, 4) is 11.5 Å². The van der Waals surface area contributed by atoms with Crippen molar-refractivity contribution in [3.05, 3.63) is 45.6 Å². The maximum atomic E-state index is 12.8. The van der Waals surface area contributed by atoms with Gasteiger partial charge in [-0.2, -0.15) is 4.98 Å². The Kier molecular flexibility index (Phi) is 9.77. The lowest BCUT2D eigenvalue weighted by Gasteiger charge is -2.41. The van der Waals surface area contributed by atoms with E-state index in [4.69, 9.17) is 42.4 Å². The van der Waals surface area contributed by atoms with Crippen molar-refractivity contribution in [2.24, 2.45) is 0 Å². The van der Waals surface area contributed by atoms with Crippen molar-refractivity contribution in [2.45, 2.75) is 31.3 Å². The van der Waals surface area contributed by atoms with Crippen molar-refractivity contribution in [1.82, 2.24) is 19.8 Å². The van der Waals surface area contributed by atoms with Crippen LogP contribution in [-0.2, 0) is 9.53 Å². The molecule has 1 atom stereocenters. The Morgan fingerprint density at radius 1 is 1.17 bits per heavy atom. The molecule has 42 heavy (non-hydrogen) atoms. The summed E-state index contributed by atoms with van der Waals surface area (Å²) >= 11 is 13.7. The molecule has 0 radical (unpaired) electrons. The van der Waals surface area contributed by atoms with Crippen LogP contribution in [-0.4, -0.2) is 105 Å². The summed E-state index contributed by atoms with van der Waals surface area (Å²) in [4.78, 5) is 28.6. The SMILES string of the molecule is COc1cc(OC)c(Cl)c(C2=Cc3cnc(NC4CCOC4)nc3N(C3CCN(C(=O)/C=C/CN(C)C)CC3)C2)c1Cl. The van der Waals surface area contributed by atoms with Crippen LogP contribution in [0.2, 0.25) is 10.0 Å². The van der Waals surface area contributed by atoms with Gasteiger partial charge in [0.15, 0.2) is 0 Å². The van der Waals surface area contributed by atoms with Gasteiger partial charge >= 0.3 is 0 Å². The highest BCUT2D eigenvalue weighted by molar-refractivity contribution is 6.39. The van der Waals surface area contributed by atoms with Crippen LogP contribution in [0.5, 0.6) is 11.5 Å². The van der Waals surface area contributed by atoms with E-state index in [2.05, 4.69) is 15.2 Å². The molecule has 0 spiro atoms. The number of fused-ring (bicyclic) bond motifs is 1. The van der Waals surface area contributed by atoms with Gasteiger partial charge in [-0.15, -0.1) is 0 Å². The first-order valence-corrected chi connectivity index (χ1v) is 14.9. The summed E-state index contributed by atoms with van der Waals surface area (Å²) in [5.41, 5.74) is 2.44. The quantitative estimate of drug-likeness (QED) is 0.410. The predicted octanol–water partition coefficient (Wildman–Crippen LogP) is 4.47. The average Bonchev–Trinajstić information content (AvgIpc) is 3.50. The molecule has 2 saturated heterocycles. The molecule has 226 valence electrons. The van der Waals surface area contributed by atoms with Crippen molar-refractivity contribution in [1.29, 1.82) is 0 Å². The second-order valence-corrected chi connectivity index (χ2v) is 11.7. The average molecular weight is 618 g/mol. The van der Waals surface area contributed by atoms with E-state index in [0.717, 1.165) is 49.4 Å². The molecule has 1 unspecified atom stereocenters. The minimum atomic E-state index is 0.0459. The van der Waals surface area contributed by atoms with Gasteiger partial charge in [0.2, 0.25) is 11.9 Å². The van der Waals surface area contributed by atoms with Crippen LogP contribution in [0.4, 0.5) is 11.8 Å². The highest BCUT2D eigenvalue weighted by Gasteiger charge is 2.33. The number of methoxy groups -OCH3 is 2. The lowest BCUT2D eigenvalue weighted by molar-refractivity contribution is -0.127. The lowest BCUT2D eigenvalue weighted by atomic mass is 9.95. The second-order valence-electron chi connectivity index (χ2n) is 11.0. The molecule has 3 aliphatic rings. The molecule has 2 fully saturated rings. The summed E-state index contributed by atoms with van der Waals surface area (Å²) in [6, 6.07) is 2.02. The normalized spacial score (nSPS) is 19.3. The number of likely N-dealkylation sites (tertiary alicyclic amines) is 1. The number of benzene rings is 1. The maximum absolute atomic E-state index is 12.8. The summed E-state index contributed by atoms with van der Waals surface area (Å²) in [5.74, 6) is 2.42. The maximum Gasteiger partial charge on any atom is 0.246 e. The molecule has 4 heterocycles. The number of nitrogens with one attached hydrogen (secondary N) is 1.